The summed E-state index contributed by atoms with van der Waals surface area (Å²) >= 11 is 0. The quantitative estimate of drug-likeness (QED) is 0.932. The van der Waals surface area contributed by atoms with E-state index >= 15 is 0 Å². The van der Waals surface area contributed by atoms with Crippen LogP contribution in [0.1, 0.15) is 29.9 Å². The molecule has 0 atom stereocenters. The van der Waals surface area contributed by atoms with Gasteiger partial charge in [-0.15, -0.1) is 0 Å². The molecule has 1 aromatic heterocycles. The van der Waals surface area contributed by atoms with Crippen molar-refractivity contribution in [2.45, 2.75) is 26.8 Å². The minimum absolute atomic E-state index is 0.0428. The molecule has 0 saturated carbocycles. The van der Waals surface area contributed by atoms with Crippen LogP contribution in [0.5, 0.6) is 5.75 Å². The second-order valence-electron chi connectivity index (χ2n) is 5.28. The van der Waals surface area contributed by atoms with E-state index in [1.165, 1.54) is 17.9 Å². The largest absolute Gasteiger partial charge is 0.494 e. The Balaban J connectivity index is 2.54. The van der Waals surface area contributed by atoms with Gasteiger partial charge in [0, 0.05) is 6.04 Å². The fraction of sp³-hybridized carbons (Fsp3) is 0.312. The fourth-order valence-corrected chi connectivity index (χ4v) is 1.95. The summed E-state index contributed by atoms with van der Waals surface area (Å²) in [5.41, 5.74) is 1.39. The van der Waals surface area contributed by atoms with Gasteiger partial charge in [-0.25, -0.2) is 0 Å². The first kappa shape index (κ1) is 15.8. The summed E-state index contributed by atoms with van der Waals surface area (Å²) in [6, 6.07) is 8.53. The van der Waals surface area contributed by atoms with Crippen LogP contribution in [0.4, 0.5) is 0 Å². The van der Waals surface area contributed by atoms with Crippen LogP contribution in [0.25, 0.3) is 5.69 Å². The molecule has 0 fully saturated rings. The Kier molecular flexibility index (Phi) is 4.60. The summed E-state index contributed by atoms with van der Waals surface area (Å²) in [6.07, 6.45) is 0. The van der Waals surface area contributed by atoms with Crippen molar-refractivity contribution >= 4 is 5.91 Å². The van der Waals surface area contributed by atoms with Gasteiger partial charge in [0.2, 0.25) is 0 Å². The maximum Gasteiger partial charge on any atom is 0.275 e. The first-order valence-electron chi connectivity index (χ1n) is 6.98. The maximum absolute atomic E-state index is 12.2. The molecule has 0 aliphatic rings. The molecule has 1 aromatic carbocycles. The van der Waals surface area contributed by atoms with E-state index in [0.717, 1.165) is 5.56 Å². The van der Waals surface area contributed by atoms with Gasteiger partial charge in [0.25, 0.3) is 11.5 Å². The molecule has 6 nitrogen and oxygen atoms in total. The van der Waals surface area contributed by atoms with Crippen molar-refractivity contribution in [2.24, 2.45) is 0 Å². The summed E-state index contributed by atoms with van der Waals surface area (Å²) in [6.45, 7) is 5.65. The van der Waals surface area contributed by atoms with Crippen LogP contribution in [0.3, 0.4) is 0 Å². The van der Waals surface area contributed by atoms with Crippen LogP contribution in [0, 0.1) is 6.92 Å². The van der Waals surface area contributed by atoms with Crippen molar-refractivity contribution in [1.82, 2.24) is 15.1 Å². The summed E-state index contributed by atoms with van der Waals surface area (Å²) in [5.74, 6) is -0.223. The highest BCUT2D eigenvalue weighted by atomic mass is 16.5. The Hall–Kier alpha value is -2.63. The zero-order valence-electron chi connectivity index (χ0n) is 13.1. The molecule has 0 radical (unpaired) electrons. The third-order valence-electron chi connectivity index (χ3n) is 3.03. The number of methoxy groups -OCH3 is 1. The zero-order valence-corrected chi connectivity index (χ0v) is 13.1. The smallest absolute Gasteiger partial charge is 0.275 e. The lowest BCUT2D eigenvalue weighted by Crippen LogP contribution is -2.33. The molecule has 1 heterocycles. The van der Waals surface area contributed by atoms with Gasteiger partial charge in [-0.3, -0.25) is 9.59 Å². The molecule has 1 amide bonds. The van der Waals surface area contributed by atoms with Crippen LogP contribution in [0.2, 0.25) is 0 Å². The molecule has 0 unspecified atom stereocenters. The van der Waals surface area contributed by atoms with Gasteiger partial charge in [0.05, 0.1) is 18.9 Å². The van der Waals surface area contributed by atoms with Crippen LogP contribution < -0.4 is 15.6 Å². The number of rotatable bonds is 4. The zero-order chi connectivity index (χ0) is 16.3. The Bertz CT molecular complexity index is 733. The van der Waals surface area contributed by atoms with E-state index in [0.29, 0.717) is 5.69 Å². The molecule has 2 rings (SSSR count). The van der Waals surface area contributed by atoms with Gasteiger partial charge in [-0.2, -0.15) is 9.78 Å². The highest BCUT2D eigenvalue weighted by Gasteiger charge is 2.18. The van der Waals surface area contributed by atoms with Crippen LogP contribution in [0.15, 0.2) is 35.1 Å². The van der Waals surface area contributed by atoms with Crippen LogP contribution >= 0.6 is 0 Å². The number of carbonyl (C=O) groups excluding carboxylic acids is 1. The molecule has 0 saturated heterocycles. The minimum Gasteiger partial charge on any atom is -0.494 e. The summed E-state index contributed by atoms with van der Waals surface area (Å²) < 4.78 is 6.29. The normalized spacial score (nSPS) is 10.6. The number of nitrogens with one attached hydrogen (secondary N) is 1. The van der Waals surface area contributed by atoms with E-state index in [2.05, 4.69) is 10.4 Å². The molecular formula is C16H19N3O3. The molecular weight excluding hydrogens is 282 g/mol. The number of carbonyl (C=O) groups is 1. The Morgan fingerprint density at radius 3 is 2.45 bits per heavy atom. The van der Waals surface area contributed by atoms with E-state index in [1.54, 1.807) is 12.1 Å². The first-order valence-corrected chi connectivity index (χ1v) is 6.98. The van der Waals surface area contributed by atoms with Crippen molar-refractivity contribution in [1.29, 1.82) is 0 Å². The van der Waals surface area contributed by atoms with Gasteiger partial charge in [0.1, 0.15) is 0 Å². The molecule has 116 valence electrons. The molecule has 0 spiro atoms. The highest BCUT2D eigenvalue weighted by Crippen LogP contribution is 2.14. The number of hydrogen-bond donors (Lipinski definition) is 1. The summed E-state index contributed by atoms with van der Waals surface area (Å²) in [4.78, 5) is 24.4. The highest BCUT2D eigenvalue weighted by molar-refractivity contribution is 5.94. The van der Waals surface area contributed by atoms with Crippen molar-refractivity contribution in [3.05, 3.63) is 51.9 Å². The van der Waals surface area contributed by atoms with Gasteiger partial charge in [-0.1, -0.05) is 17.7 Å². The Morgan fingerprint density at radius 1 is 1.27 bits per heavy atom. The average molecular weight is 301 g/mol. The minimum atomic E-state index is -0.382. The van der Waals surface area contributed by atoms with E-state index < -0.39 is 0 Å². The number of amides is 1. The molecule has 0 bridgehead atoms. The third kappa shape index (κ3) is 3.33. The lowest BCUT2D eigenvalue weighted by Gasteiger charge is -2.13. The first-order chi connectivity index (χ1) is 10.4. The van der Waals surface area contributed by atoms with Gasteiger partial charge >= 0.3 is 0 Å². The van der Waals surface area contributed by atoms with Crippen molar-refractivity contribution in [3.63, 3.8) is 0 Å². The van der Waals surface area contributed by atoms with Crippen molar-refractivity contribution in [3.8, 4) is 11.4 Å². The van der Waals surface area contributed by atoms with Crippen LogP contribution in [-0.2, 0) is 0 Å². The predicted molar refractivity (Wildman–Crippen MR) is 83.7 cm³/mol. The number of benzene rings is 1. The van der Waals surface area contributed by atoms with Crippen molar-refractivity contribution in [2.75, 3.05) is 7.11 Å². The van der Waals surface area contributed by atoms with Gasteiger partial charge < -0.3 is 10.1 Å². The van der Waals surface area contributed by atoms with E-state index in [9.17, 15) is 9.59 Å². The molecule has 1 N–H and O–H groups in total. The number of hydrogen-bond acceptors (Lipinski definition) is 4. The summed E-state index contributed by atoms with van der Waals surface area (Å²) in [7, 11) is 1.40. The molecule has 6 heteroatoms. The standard InChI is InChI=1S/C16H19N3O3/c1-10(2)17-16(21)15-13(22-4)9-14(20)19(18-15)12-7-5-11(3)6-8-12/h5-10H,1-4H3,(H,17,21). The third-order valence-corrected chi connectivity index (χ3v) is 3.03. The number of aryl methyl sites for hydroxylation is 1. The van der Waals surface area contributed by atoms with Gasteiger partial charge in [-0.05, 0) is 32.9 Å². The Labute approximate surface area is 128 Å². The topological polar surface area (TPSA) is 73.2 Å². The number of nitrogens with zero attached hydrogens (tertiary/aromatic N) is 2. The monoisotopic (exact) mass is 301 g/mol. The Morgan fingerprint density at radius 2 is 1.91 bits per heavy atom. The van der Waals surface area contributed by atoms with E-state index in [4.69, 9.17) is 4.74 Å². The summed E-state index contributed by atoms with van der Waals surface area (Å²) in [5, 5.41) is 6.91. The molecule has 2 aromatic rings. The average Bonchev–Trinajstić information content (AvgIpc) is 2.47. The van der Waals surface area contributed by atoms with Gasteiger partial charge in [0.15, 0.2) is 11.4 Å². The van der Waals surface area contributed by atoms with E-state index in [-0.39, 0.29) is 29.0 Å². The number of ether oxygens (including phenoxy) is 1. The second-order valence-corrected chi connectivity index (χ2v) is 5.28. The fourth-order valence-electron chi connectivity index (χ4n) is 1.95. The van der Waals surface area contributed by atoms with Crippen molar-refractivity contribution < 1.29 is 9.53 Å². The lowest BCUT2D eigenvalue weighted by atomic mass is 10.2. The molecule has 22 heavy (non-hydrogen) atoms. The number of aromatic nitrogens is 2. The molecule has 0 aliphatic heterocycles. The van der Waals surface area contributed by atoms with E-state index in [1.807, 2.05) is 32.9 Å². The lowest BCUT2D eigenvalue weighted by molar-refractivity contribution is 0.0932. The predicted octanol–water partition coefficient (Wildman–Crippen LogP) is 1.69. The molecule has 0 aliphatic carbocycles. The SMILES string of the molecule is COc1cc(=O)n(-c2ccc(C)cc2)nc1C(=O)NC(C)C. The van der Waals surface area contributed by atoms with Crippen LogP contribution in [-0.4, -0.2) is 28.8 Å². The second kappa shape index (κ2) is 6.43. The maximum atomic E-state index is 12.2.